The minimum absolute atomic E-state index is 0.261. The van der Waals surface area contributed by atoms with E-state index in [4.69, 9.17) is 11.6 Å². The first kappa shape index (κ1) is 11.1. The lowest BCUT2D eigenvalue weighted by atomic mass is 9.95. The fourth-order valence-electron chi connectivity index (χ4n) is 2.14. The number of rotatable bonds is 1. The molecule has 2 nitrogen and oxygen atoms in total. The van der Waals surface area contributed by atoms with Gasteiger partial charge in [-0.1, -0.05) is 18.5 Å². The molecule has 0 saturated carbocycles. The molecular formula is C11H14ClNOS. The summed E-state index contributed by atoms with van der Waals surface area (Å²) in [6.07, 6.45) is 0. The van der Waals surface area contributed by atoms with Gasteiger partial charge in [-0.25, -0.2) is 0 Å². The summed E-state index contributed by atoms with van der Waals surface area (Å²) >= 11 is 5.97. The minimum atomic E-state index is -0.874. The Morgan fingerprint density at radius 1 is 1.53 bits per heavy atom. The molecule has 2 rings (SSSR count). The van der Waals surface area contributed by atoms with Crippen molar-refractivity contribution >= 4 is 22.4 Å². The maximum atomic E-state index is 11.9. The smallest absolute Gasteiger partial charge is 0.0536 e. The number of halogens is 1. The summed E-state index contributed by atoms with van der Waals surface area (Å²) in [6.45, 7) is 2.11. The van der Waals surface area contributed by atoms with Crippen LogP contribution in [0.25, 0.3) is 0 Å². The molecule has 0 saturated heterocycles. The molecule has 1 heterocycles. The van der Waals surface area contributed by atoms with Crippen molar-refractivity contribution in [1.82, 2.24) is 5.32 Å². The molecule has 3 unspecified atom stereocenters. The highest BCUT2D eigenvalue weighted by molar-refractivity contribution is 7.85. The van der Waals surface area contributed by atoms with Gasteiger partial charge in [0.15, 0.2) is 0 Å². The van der Waals surface area contributed by atoms with Crippen LogP contribution in [0.5, 0.6) is 0 Å². The molecule has 0 bridgehead atoms. The van der Waals surface area contributed by atoms with Crippen LogP contribution in [-0.4, -0.2) is 17.0 Å². The fraction of sp³-hybridized carbons (Fsp3) is 0.455. The van der Waals surface area contributed by atoms with Gasteiger partial charge in [-0.2, -0.15) is 0 Å². The van der Waals surface area contributed by atoms with Crippen molar-refractivity contribution in [3.05, 3.63) is 28.8 Å². The van der Waals surface area contributed by atoms with Crippen LogP contribution in [0, 0.1) is 5.92 Å². The number of nitrogens with one attached hydrogen (secondary N) is 1. The zero-order chi connectivity index (χ0) is 11.0. The molecule has 0 radical (unpaired) electrons. The standard InChI is InChI=1S/C11H14ClNOS/c1-7-6-15(14)10-4-3-8(12)5-9(10)11(7)13-2/h3-5,7,11,13H,6H2,1-2H3. The predicted molar refractivity (Wildman–Crippen MR) is 63.7 cm³/mol. The van der Waals surface area contributed by atoms with E-state index in [0.717, 1.165) is 16.2 Å². The summed E-state index contributed by atoms with van der Waals surface area (Å²) in [5, 5.41) is 3.97. The molecule has 1 aliphatic heterocycles. The van der Waals surface area contributed by atoms with Gasteiger partial charge >= 0.3 is 0 Å². The molecule has 1 N–H and O–H groups in total. The molecule has 4 heteroatoms. The average Bonchev–Trinajstić information content (AvgIpc) is 2.17. The largest absolute Gasteiger partial charge is 0.313 e. The Bertz CT molecular complexity index is 408. The first-order valence-electron chi connectivity index (χ1n) is 4.98. The van der Waals surface area contributed by atoms with Crippen LogP contribution in [0.2, 0.25) is 5.02 Å². The van der Waals surface area contributed by atoms with Gasteiger partial charge < -0.3 is 5.32 Å². The highest BCUT2D eigenvalue weighted by atomic mass is 35.5. The van der Waals surface area contributed by atoms with Crippen molar-refractivity contribution in [2.45, 2.75) is 17.9 Å². The first-order valence-corrected chi connectivity index (χ1v) is 6.68. The zero-order valence-corrected chi connectivity index (χ0v) is 10.4. The van der Waals surface area contributed by atoms with E-state index in [-0.39, 0.29) is 6.04 Å². The number of benzene rings is 1. The van der Waals surface area contributed by atoms with E-state index < -0.39 is 10.8 Å². The third-order valence-corrected chi connectivity index (χ3v) is 4.77. The normalized spacial score (nSPS) is 29.9. The van der Waals surface area contributed by atoms with E-state index in [2.05, 4.69) is 12.2 Å². The zero-order valence-electron chi connectivity index (χ0n) is 8.79. The Kier molecular flexibility index (Phi) is 3.14. The second kappa shape index (κ2) is 4.24. The van der Waals surface area contributed by atoms with Gasteiger partial charge in [-0.05, 0) is 36.7 Å². The summed E-state index contributed by atoms with van der Waals surface area (Å²) in [7, 11) is 1.06. The third-order valence-electron chi connectivity index (χ3n) is 2.85. The number of hydrogen-bond acceptors (Lipinski definition) is 2. The van der Waals surface area contributed by atoms with Crippen LogP contribution in [0.15, 0.2) is 23.1 Å². The molecule has 1 aliphatic rings. The summed E-state index contributed by atoms with van der Waals surface area (Å²) in [6, 6.07) is 5.87. The van der Waals surface area contributed by atoms with Crippen molar-refractivity contribution in [1.29, 1.82) is 0 Å². The molecule has 0 spiro atoms. The highest BCUT2D eigenvalue weighted by Crippen LogP contribution is 2.35. The molecule has 1 aromatic rings. The van der Waals surface area contributed by atoms with Crippen LogP contribution in [0.4, 0.5) is 0 Å². The molecule has 82 valence electrons. The van der Waals surface area contributed by atoms with E-state index in [1.807, 2.05) is 19.2 Å². The van der Waals surface area contributed by atoms with E-state index in [9.17, 15) is 4.21 Å². The van der Waals surface area contributed by atoms with E-state index in [1.165, 1.54) is 0 Å². The van der Waals surface area contributed by atoms with E-state index in [1.54, 1.807) is 6.07 Å². The van der Waals surface area contributed by atoms with E-state index >= 15 is 0 Å². The Morgan fingerprint density at radius 2 is 2.27 bits per heavy atom. The van der Waals surface area contributed by atoms with Crippen LogP contribution in [0.1, 0.15) is 18.5 Å². The second-order valence-corrected chi connectivity index (χ2v) is 5.84. The number of fused-ring (bicyclic) bond motifs is 1. The van der Waals surface area contributed by atoms with E-state index in [0.29, 0.717) is 10.9 Å². The lowest BCUT2D eigenvalue weighted by Crippen LogP contribution is -2.32. The molecule has 1 aromatic carbocycles. The summed E-state index contributed by atoms with van der Waals surface area (Å²) < 4.78 is 11.9. The lowest BCUT2D eigenvalue weighted by Gasteiger charge is -2.30. The summed E-state index contributed by atoms with van der Waals surface area (Å²) in [4.78, 5) is 0.928. The Balaban J connectivity index is 2.54. The Labute approximate surface area is 97.5 Å². The van der Waals surface area contributed by atoms with Crippen molar-refractivity contribution in [3.63, 3.8) is 0 Å². The summed E-state index contributed by atoms with van der Waals surface area (Å²) in [5.41, 5.74) is 1.09. The molecule has 15 heavy (non-hydrogen) atoms. The van der Waals surface area contributed by atoms with Crippen LogP contribution in [0.3, 0.4) is 0 Å². The third kappa shape index (κ3) is 1.96. The topological polar surface area (TPSA) is 29.1 Å². The molecule has 0 aliphatic carbocycles. The lowest BCUT2D eigenvalue weighted by molar-refractivity contribution is 0.431. The molecule has 0 fully saturated rings. The van der Waals surface area contributed by atoms with Gasteiger partial charge in [-0.3, -0.25) is 4.21 Å². The van der Waals surface area contributed by atoms with Crippen LogP contribution in [-0.2, 0) is 10.8 Å². The Hall–Kier alpha value is -0.380. The van der Waals surface area contributed by atoms with Crippen molar-refractivity contribution in [2.24, 2.45) is 5.92 Å². The minimum Gasteiger partial charge on any atom is -0.313 e. The molecule has 3 atom stereocenters. The van der Waals surface area contributed by atoms with Crippen molar-refractivity contribution in [3.8, 4) is 0 Å². The fourth-order valence-corrected chi connectivity index (χ4v) is 3.84. The predicted octanol–water partition coefficient (Wildman–Crippen LogP) is 2.36. The maximum Gasteiger partial charge on any atom is 0.0536 e. The maximum absolute atomic E-state index is 11.9. The van der Waals surface area contributed by atoms with Gasteiger partial charge in [0.1, 0.15) is 0 Å². The monoisotopic (exact) mass is 243 g/mol. The average molecular weight is 244 g/mol. The summed E-state index contributed by atoms with van der Waals surface area (Å²) in [5.74, 6) is 1.10. The first-order chi connectivity index (χ1) is 7.13. The van der Waals surface area contributed by atoms with Gasteiger partial charge in [0.25, 0.3) is 0 Å². The van der Waals surface area contributed by atoms with Gasteiger partial charge in [0.05, 0.1) is 10.8 Å². The highest BCUT2D eigenvalue weighted by Gasteiger charge is 2.29. The van der Waals surface area contributed by atoms with Crippen molar-refractivity contribution < 1.29 is 4.21 Å². The van der Waals surface area contributed by atoms with Gasteiger partial charge in [0.2, 0.25) is 0 Å². The quantitative estimate of drug-likeness (QED) is 0.821. The van der Waals surface area contributed by atoms with Gasteiger partial charge in [-0.15, -0.1) is 0 Å². The SMILES string of the molecule is CNC1c2cc(Cl)ccc2S(=O)CC1C. The molecule has 0 aromatic heterocycles. The number of hydrogen-bond donors (Lipinski definition) is 1. The van der Waals surface area contributed by atoms with Crippen LogP contribution < -0.4 is 5.32 Å². The molecular weight excluding hydrogens is 230 g/mol. The van der Waals surface area contributed by atoms with Crippen molar-refractivity contribution in [2.75, 3.05) is 12.8 Å². The molecule has 0 amide bonds. The van der Waals surface area contributed by atoms with Gasteiger partial charge in [0, 0.05) is 21.7 Å². The second-order valence-electron chi connectivity index (χ2n) is 3.94. The van der Waals surface area contributed by atoms with Crippen LogP contribution >= 0.6 is 11.6 Å². The Morgan fingerprint density at radius 3 is 2.93 bits per heavy atom.